The van der Waals surface area contributed by atoms with E-state index in [4.69, 9.17) is 4.74 Å². The van der Waals surface area contributed by atoms with Gasteiger partial charge < -0.3 is 10.1 Å². The van der Waals surface area contributed by atoms with Crippen LogP contribution >= 0.6 is 0 Å². The van der Waals surface area contributed by atoms with Crippen LogP contribution in [0.25, 0.3) is 0 Å². The zero-order valence-corrected chi connectivity index (χ0v) is 14.2. The van der Waals surface area contributed by atoms with Gasteiger partial charge in [0.05, 0.1) is 24.6 Å². The Bertz CT molecular complexity index is 704. The third-order valence-electron chi connectivity index (χ3n) is 5.96. The minimum atomic E-state index is -0.231. The number of nitrogens with zero attached hydrogens (tertiary/aromatic N) is 1. The summed E-state index contributed by atoms with van der Waals surface area (Å²) < 4.78 is 5.21. The lowest BCUT2D eigenvalue weighted by Gasteiger charge is -2.19. The van der Waals surface area contributed by atoms with E-state index in [2.05, 4.69) is 5.32 Å². The van der Waals surface area contributed by atoms with E-state index in [0.717, 1.165) is 19.3 Å². The number of benzene rings is 1. The number of imide groups is 1. The molecular formula is C19H22N2O4. The molecule has 3 aliphatic rings. The lowest BCUT2D eigenvalue weighted by Crippen LogP contribution is -2.35. The lowest BCUT2D eigenvalue weighted by atomic mass is 9.81. The van der Waals surface area contributed by atoms with Crippen molar-refractivity contribution in [3.63, 3.8) is 0 Å². The van der Waals surface area contributed by atoms with Crippen LogP contribution in [0.3, 0.4) is 0 Å². The van der Waals surface area contributed by atoms with Crippen LogP contribution < -0.4 is 10.1 Å². The molecule has 3 amide bonds. The maximum atomic E-state index is 12.6. The maximum Gasteiger partial charge on any atom is 0.233 e. The number of carbonyl (C=O) groups is 3. The Hall–Kier alpha value is -2.37. The van der Waals surface area contributed by atoms with Gasteiger partial charge in [0.15, 0.2) is 0 Å². The monoisotopic (exact) mass is 342 g/mol. The van der Waals surface area contributed by atoms with Crippen molar-refractivity contribution in [1.29, 1.82) is 0 Å². The van der Waals surface area contributed by atoms with Crippen LogP contribution in [0.5, 0.6) is 5.75 Å². The number of anilines is 1. The zero-order chi connectivity index (χ0) is 17.6. The van der Waals surface area contributed by atoms with E-state index < -0.39 is 0 Å². The molecule has 1 N–H and O–H groups in total. The van der Waals surface area contributed by atoms with Crippen LogP contribution in [0.1, 0.15) is 25.7 Å². The van der Waals surface area contributed by atoms with Gasteiger partial charge in [-0.25, -0.2) is 0 Å². The van der Waals surface area contributed by atoms with Crippen LogP contribution in [-0.2, 0) is 14.4 Å². The first-order valence-corrected chi connectivity index (χ1v) is 8.88. The molecule has 0 unspecified atom stereocenters. The SMILES string of the molecule is COc1ccccc1NC(=O)CCN1C(=O)[C@@H]2[C@H]3CC[C@H](C3)[C@@H]2C1=O. The molecule has 0 radical (unpaired) electrons. The van der Waals surface area contributed by atoms with Gasteiger partial charge in [0.1, 0.15) is 5.75 Å². The van der Waals surface area contributed by atoms with E-state index in [1.54, 1.807) is 19.2 Å². The minimum absolute atomic E-state index is 0.0627. The van der Waals surface area contributed by atoms with E-state index in [9.17, 15) is 14.4 Å². The highest BCUT2D eigenvalue weighted by Crippen LogP contribution is 2.56. The topological polar surface area (TPSA) is 75.7 Å². The van der Waals surface area contributed by atoms with Crippen LogP contribution in [0.2, 0.25) is 0 Å². The van der Waals surface area contributed by atoms with Crippen molar-refractivity contribution in [3.8, 4) is 5.75 Å². The lowest BCUT2D eigenvalue weighted by molar-refractivity contribution is -0.140. The molecular weight excluding hydrogens is 320 g/mol. The average molecular weight is 342 g/mol. The molecule has 0 spiro atoms. The second-order valence-corrected chi connectivity index (χ2v) is 7.21. The van der Waals surface area contributed by atoms with Crippen LogP contribution in [0, 0.1) is 23.7 Å². The van der Waals surface area contributed by atoms with Gasteiger partial charge in [0.2, 0.25) is 17.7 Å². The highest BCUT2D eigenvalue weighted by molar-refractivity contribution is 6.06. The predicted molar refractivity (Wildman–Crippen MR) is 90.8 cm³/mol. The summed E-state index contributed by atoms with van der Waals surface area (Å²) in [5.74, 6) is 0.727. The van der Waals surface area contributed by atoms with Gasteiger partial charge in [-0.2, -0.15) is 0 Å². The molecule has 4 rings (SSSR count). The number of nitrogens with one attached hydrogen (secondary N) is 1. The van der Waals surface area contributed by atoms with Gasteiger partial charge in [-0.3, -0.25) is 19.3 Å². The van der Waals surface area contributed by atoms with E-state index in [1.807, 2.05) is 12.1 Å². The van der Waals surface area contributed by atoms with Gasteiger partial charge in [-0.15, -0.1) is 0 Å². The highest BCUT2D eigenvalue weighted by Gasteiger charge is 2.60. The quantitative estimate of drug-likeness (QED) is 0.831. The zero-order valence-electron chi connectivity index (χ0n) is 14.2. The number of fused-ring (bicyclic) bond motifs is 5. The summed E-state index contributed by atoms with van der Waals surface area (Å²) >= 11 is 0. The van der Waals surface area contributed by atoms with Crippen molar-refractivity contribution >= 4 is 23.4 Å². The fourth-order valence-electron chi connectivity index (χ4n) is 4.86. The Balaban J connectivity index is 1.38. The summed E-state index contributed by atoms with van der Waals surface area (Å²) in [6.45, 7) is 0.158. The molecule has 4 atom stereocenters. The number of hydrogen-bond acceptors (Lipinski definition) is 4. The summed E-state index contributed by atoms with van der Waals surface area (Å²) in [4.78, 5) is 38.8. The van der Waals surface area contributed by atoms with Crippen molar-refractivity contribution in [1.82, 2.24) is 4.90 Å². The number of likely N-dealkylation sites (tertiary alicyclic amines) is 1. The second kappa shape index (κ2) is 6.17. The molecule has 1 heterocycles. The van der Waals surface area contributed by atoms with Crippen molar-refractivity contribution in [2.45, 2.75) is 25.7 Å². The first kappa shape index (κ1) is 16.1. The van der Waals surface area contributed by atoms with Gasteiger partial charge in [-0.05, 0) is 43.2 Å². The average Bonchev–Trinajstić information content (AvgIpc) is 3.28. The summed E-state index contributed by atoms with van der Waals surface area (Å²) in [7, 11) is 1.54. The standard InChI is InChI=1S/C19H22N2O4/c1-25-14-5-3-2-4-13(14)20-15(22)8-9-21-18(23)16-11-6-7-12(10-11)17(16)19(21)24/h2-5,11-12,16-17H,6-10H2,1H3,(H,20,22)/t11-,12+,16+,17-. The molecule has 25 heavy (non-hydrogen) atoms. The van der Waals surface area contributed by atoms with Gasteiger partial charge >= 0.3 is 0 Å². The molecule has 0 aromatic heterocycles. The number of amides is 3. The Morgan fingerprint density at radius 1 is 1.16 bits per heavy atom. The number of methoxy groups -OCH3 is 1. The summed E-state index contributed by atoms with van der Waals surface area (Å²) in [5, 5.41) is 2.78. The smallest absolute Gasteiger partial charge is 0.233 e. The normalized spacial score (nSPS) is 29.9. The van der Waals surface area contributed by atoms with E-state index in [-0.39, 0.29) is 42.5 Å². The minimum Gasteiger partial charge on any atom is -0.495 e. The number of hydrogen-bond donors (Lipinski definition) is 1. The molecule has 2 bridgehead atoms. The van der Waals surface area contributed by atoms with Crippen LogP contribution in [0.4, 0.5) is 5.69 Å². The van der Waals surface area contributed by atoms with Crippen molar-refractivity contribution in [2.75, 3.05) is 19.0 Å². The molecule has 132 valence electrons. The van der Waals surface area contributed by atoms with Gasteiger partial charge in [0, 0.05) is 13.0 Å². The second-order valence-electron chi connectivity index (χ2n) is 7.21. The summed E-state index contributed by atoms with van der Waals surface area (Å²) in [6.07, 6.45) is 3.25. The van der Waals surface area contributed by atoms with Crippen molar-refractivity contribution in [3.05, 3.63) is 24.3 Å². The fraction of sp³-hybridized carbons (Fsp3) is 0.526. The number of para-hydroxylation sites is 2. The van der Waals surface area contributed by atoms with Crippen molar-refractivity contribution in [2.24, 2.45) is 23.7 Å². The molecule has 1 aromatic rings. The number of ether oxygens (including phenoxy) is 1. The third-order valence-corrected chi connectivity index (χ3v) is 5.96. The van der Waals surface area contributed by atoms with Crippen LogP contribution in [0.15, 0.2) is 24.3 Å². The summed E-state index contributed by atoms with van der Waals surface area (Å²) in [5.41, 5.74) is 0.587. The highest BCUT2D eigenvalue weighted by atomic mass is 16.5. The molecule has 2 aliphatic carbocycles. The molecule has 1 saturated heterocycles. The Morgan fingerprint density at radius 2 is 1.80 bits per heavy atom. The number of rotatable bonds is 5. The molecule has 2 saturated carbocycles. The molecule has 6 nitrogen and oxygen atoms in total. The first-order chi connectivity index (χ1) is 12.1. The fourth-order valence-corrected chi connectivity index (χ4v) is 4.86. The Labute approximate surface area is 146 Å². The predicted octanol–water partition coefficient (Wildman–Crippen LogP) is 2.05. The molecule has 1 aromatic carbocycles. The Morgan fingerprint density at radius 3 is 2.44 bits per heavy atom. The van der Waals surface area contributed by atoms with Gasteiger partial charge in [0.25, 0.3) is 0 Å². The molecule has 6 heteroatoms. The molecule has 1 aliphatic heterocycles. The van der Waals surface area contributed by atoms with Crippen LogP contribution in [-0.4, -0.2) is 36.3 Å². The van der Waals surface area contributed by atoms with E-state index >= 15 is 0 Å². The largest absolute Gasteiger partial charge is 0.495 e. The maximum absolute atomic E-state index is 12.6. The Kier molecular flexibility index (Phi) is 3.98. The first-order valence-electron chi connectivity index (χ1n) is 8.88. The third kappa shape index (κ3) is 2.60. The van der Waals surface area contributed by atoms with Crippen molar-refractivity contribution < 1.29 is 19.1 Å². The van der Waals surface area contributed by atoms with E-state index in [1.165, 1.54) is 4.90 Å². The number of carbonyl (C=O) groups excluding carboxylic acids is 3. The van der Waals surface area contributed by atoms with E-state index in [0.29, 0.717) is 23.3 Å². The molecule has 3 fully saturated rings. The van der Waals surface area contributed by atoms with Gasteiger partial charge in [-0.1, -0.05) is 12.1 Å². The summed E-state index contributed by atoms with van der Waals surface area (Å²) in [6, 6.07) is 7.15.